The standard InChI is InChI=1S/C19H17Cl4NO4/c1-12(25)18-16(4-2-6-24-18)27-7-3-8-28-19-14(20)10-13(11-15(19)21)26-9-5-17(22)23/h2,4-6,10-11H,3,7-9H2,1H3. The number of carbonyl (C=O) groups is 1. The van der Waals surface area contributed by atoms with E-state index in [1.807, 2.05) is 0 Å². The third-order valence-electron chi connectivity index (χ3n) is 3.36. The van der Waals surface area contributed by atoms with E-state index >= 15 is 0 Å². The Bertz CT molecular complexity index is 831. The van der Waals surface area contributed by atoms with Crippen LogP contribution in [0.15, 0.2) is 41.0 Å². The Balaban J connectivity index is 1.85. The number of ether oxygens (including phenoxy) is 3. The fourth-order valence-electron chi connectivity index (χ4n) is 2.15. The molecule has 0 saturated heterocycles. The summed E-state index contributed by atoms with van der Waals surface area (Å²) in [6, 6.07) is 6.58. The molecule has 0 unspecified atom stereocenters. The van der Waals surface area contributed by atoms with Crippen molar-refractivity contribution in [1.82, 2.24) is 4.98 Å². The van der Waals surface area contributed by atoms with E-state index in [9.17, 15) is 4.79 Å². The van der Waals surface area contributed by atoms with E-state index in [0.29, 0.717) is 52.6 Å². The first kappa shape index (κ1) is 22.6. The van der Waals surface area contributed by atoms with Gasteiger partial charge in [0.25, 0.3) is 0 Å². The second-order valence-electron chi connectivity index (χ2n) is 5.48. The molecule has 0 spiro atoms. The zero-order valence-electron chi connectivity index (χ0n) is 14.9. The van der Waals surface area contributed by atoms with Crippen molar-refractivity contribution in [2.24, 2.45) is 0 Å². The number of halogens is 4. The largest absolute Gasteiger partial charge is 0.491 e. The molecule has 0 radical (unpaired) electrons. The van der Waals surface area contributed by atoms with Gasteiger partial charge in [0.1, 0.15) is 28.3 Å². The molecule has 9 heteroatoms. The van der Waals surface area contributed by atoms with Crippen molar-refractivity contribution in [1.29, 1.82) is 0 Å². The monoisotopic (exact) mass is 463 g/mol. The zero-order valence-corrected chi connectivity index (χ0v) is 17.9. The van der Waals surface area contributed by atoms with Crippen molar-refractivity contribution in [2.45, 2.75) is 13.3 Å². The highest BCUT2D eigenvalue weighted by Gasteiger charge is 2.12. The van der Waals surface area contributed by atoms with Crippen LogP contribution in [0.2, 0.25) is 10.0 Å². The summed E-state index contributed by atoms with van der Waals surface area (Å²) in [5.74, 6) is 1.10. The van der Waals surface area contributed by atoms with Crippen molar-refractivity contribution in [2.75, 3.05) is 19.8 Å². The smallest absolute Gasteiger partial charge is 0.181 e. The number of aromatic nitrogens is 1. The number of Topliss-reactive ketones (excluding diaryl/α,β-unsaturated/α-hetero) is 1. The van der Waals surface area contributed by atoms with Crippen LogP contribution >= 0.6 is 46.4 Å². The average molecular weight is 465 g/mol. The minimum atomic E-state index is -0.156. The maximum absolute atomic E-state index is 11.5. The maximum atomic E-state index is 11.5. The lowest BCUT2D eigenvalue weighted by Gasteiger charge is -2.13. The van der Waals surface area contributed by atoms with Gasteiger partial charge in [0.05, 0.1) is 23.3 Å². The van der Waals surface area contributed by atoms with Gasteiger partial charge in [-0.3, -0.25) is 4.79 Å². The van der Waals surface area contributed by atoms with Crippen LogP contribution in [-0.4, -0.2) is 30.6 Å². The van der Waals surface area contributed by atoms with Gasteiger partial charge in [0, 0.05) is 31.7 Å². The van der Waals surface area contributed by atoms with E-state index in [-0.39, 0.29) is 16.9 Å². The summed E-state index contributed by atoms with van der Waals surface area (Å²) in [7, 11) is 0. The van der Waals surface area contributed by atoms with Crippen LogP contribution in [0.5, 0.6) is 17.2 Å². The molecule has 1 heterocycles. The van der Waals surface area contributed by atoms with Crippen molar-refractivity contribution in [3.8, 4) is 17.2 Å². The number of ketones is 1. The lowest BCUT2D eigenvalue weighted by atomic mass is 10.2. The summed E-state index contributed by atoms with van der Waals surface area (Å²) in [5, 5.41) is 0.631. The molecular weight excluding hydrogens is 448 g/mol. The molecule has 0 atom stereocenters. The van der Waals surface area contributed by atoms with Crippen molar-refractivity contribution in [3.63, 3.8) is 0 Å². The number of carbonyl (C=O) groups excluding carboxylic acids is 1. The predicted molar refractivity (Wildman–Crippen MR) is 112 cm³/mol. The SMILES string of the molecule is CC(=O)c1ncccc1OCCCOc1c(Cl)cc(OCC=C(Cl)Cl)cc1Cl. The topological polar surface area (TPSA) is 57.7 Å². The first-order chi connectivity index (χ1) is 13.4. The molecule has 1 aromatic carbocycles. The lowest BCUT2D eigenvalue weighted by Crippen LogP contribution is -2.08. The van der Waals surface area contributed by atoms with E-state index < -0.39 is 0 Å². The highest BCUT2D eigenvalue weighted by Crippen LogP contribution is 2.37. The molecule has 0 fully saturated rings. The molecule has 5 nitrogen and oxygen atoms in total. The molecule has 150 valence electrons. The summed E-state index contributed by atoms with van der Waals surface area (Å²) < 4.78 is 16.8. The molecule has 0 aliphatic carbocycles. The Hall–Kier alpha value is -1.66. The van der Waals surface area contributed by atoms with Crippen molar-refractivity contribution >= 4 is 52.2 Å². The van der Waals surface area contributed by atoms with Crippen molar-refractivity contribution in [3.05, 3.63) is 56.8 Å². The summed E-state index contributed by atoms with van der Waals surface area (Å²) in [4.78, 5) is 15.5. The molecule has 28 heavy (non-hydrogen) atoms. The van der Waals surface area contributed by atoms with Gasteiger partial charge in [-0.25, -0.2) is 4.98 Å². The summed E-state index contributed by atoms with van der Waals surface area (Å²) >= 11 is 23.5. The van der Waals surface area contributed by atoms with Crippen LogP contribution in [0, 0.1) is 0 Å². The highest BCUT2D eigenvalue weighted by molar-refractivity contribution is 6.55. The Morgan fingerprint density at radius 1 is 1.11 bits per heavy atom. The predicted octanol–water partition coefficient (Wildman–Crippen LogP) is 6.14. The fraction of sp³-hybridized carbons (Fsp3) is 0.263. The van der Waals surface area contributed by atoms with E-state index in [1.54, 1.807) is 30.5 Å². The van der Waals surface area contributed by atoms with Crippen LogP contribution in [0.3, 0.4) is 0 Å². The normalized spacial score (nSPS) is 10.3. The maximum Gasteiger partial charge on any atom is 0.181 e. The van der Waals surface area contributed by atoms with Gasteiger partial charge in [0.2, 0.25) is 0 Å². The number of rotatable bonds is 10. The van der Waals surface area contributed by atoms with Crippen LogP contribution in [-0.2, 0) is 0 Å². The molecule has 0 aliphatic rings. The van der Waals surface area contributed by atoms with Crippen LogP contribution in [0.1, 0.15) is 23.8 Å². The number of nitrogens with zero attached hydrogens (tertiary/aromatic N) is 1. The second-order valence-corrected chi connectivity index (χ2v) is 7.30. The number of pyridine rings is 1. The Kier molecular flexibility index (Phi) is 9.19. The van der Waals surface area contributed by atoms with Gasteiger partial charge in [-0.1, -0.05) is 46.4 Å². The lowest BCUT2D eigenvalue weighted by molar-refractivity contribution is 0.100. The van der Waals surface area contributed by atoms with Gasteiger partial charge < -0.3 is 14.2 Å². The Morgan fingerprint density at radius 3 is 2.43 bits per heavy atom. The average Bonchev–Trinajstić information content (AvgIpc) is 2.63. The van der Waals surface area contributed by atoms with Gasteiger partial charge in [-0.05, 0) is 18.2 Å². The summed E-state index contributed by atoms with van der Waals surface area (Å²) in [6.45, 7) is 2.28. The highest BCUT2D eigenvalue weighted by atomic mass is 35.5. The number of hydrogen-bond donors (Lipinski definition) is 0. The van der Waals surface area contributed by atoms with Crippen LogP contribution in [0.25, 0.3) is 0 Å². The molecule has 2 aromatic rings. The van der Waals surface area contributed by atoms with E-state index in [4.69, 9.17) is 60.6 Å². The molecular formula is C19H17Cl4NO4. The molecule has 0 N–H and O–H groups in total. The van der Waals surface area contributed by atoms with E-state index in [2.05, 4.69) is 4.98 Å². The fourth-order valence-corrected chi connectivity index (χ4v) is 2.85. The molecule has 0 saturated carbocycles. The minimum Gasteiger partial charge on any atom is -0.491 e. The quantitative estimate of drug-likeness (QED) is 0.312. The van der Waals surface area contributed by atoms with Gasteiger partial charge in [-0.15, -0.1) is 0 Å². The van der Waals surface area contributed by atoms with E-state index in [0.717, 1.165) is 0 Å². The first-order valence-corrected chi connectivity index (χ1v) is 9.74. The summed E-state index contributed by atoms with van der Waals surface area (Å²) in [6.07, 6.45) is 3.59. The third kappa shape index (κ3) is 7.06. The third-order valence-corrected chi connectivity index (χ3v) is 4.23. The number of benzene rings is 1. The molecule has 0 bridgehead atoms. The molecule has 2 rings (SSSR count). The molecule has 0 amide bonds. The second kappa shape index (κ2) is 11.4. The number of hydrogen-bond acceptors (Lipinski definition) is 5. The Morgan fingerprint density at radius 2 is 1.79 bits per heavy atom. The van der Waals surface area contributed by atoms with Crippen LogP contribution in [0.4, 0.5) is 0 Å². The van der Waals surface area contributed by atoms with Gasteiger partial charge >= 0.3 is 0 Å². The zero-order chi connectivity index (χ0) is 20.5. The van der Waals surface area contributed by atoms with Gasteiger partial charge in [-0.2, -0.15) is 0 Å². The van der Waals surface area contributed by atoms with E-state index in [1.165, 1.54) is 13.0 Å². The van der Waals surface area contributed by atoms with Crippen LogP contribution < -0.4 is 14.2 Å². The molecule has 0 aliphatic heterocycles. The Labute approximate surface area is 183 Å². The first-order valence-electron chi connectivity index (χ1n) is 8.23. The summed E-state index contributed by atoms with van der Waals surface area (Å²) in [5.41, 5.74) is 0.301. The van der Waals surface area contributed by atoms with Crippen molar-refractivity contribution < 1.29 is 19.0 Å². The molecule has 1 aromatic heterocycles. The minimum absolute atomic E-state index is 0.112. The van der Waals surface area contributed by atoms with Gasteiger partial charge in [0.15, 0.2) is 11.5 Å².